The number of carboxylic acids is 1. The average Bonchev–Trinajstić information content (AvgIpc) is 3.35. The standard InChI is InChI=1S/C29H34N4O5/c1-15-11-18(16(2)30-22-10-8-7-9-17(22)27(37)38-29(3,4)5)24-19(12-15)25(34)32(6)28(31-24)33-13-20-21(14-33)23(20)26(35)36/h7-12,16,20-21,23,30H,13-14H2,1-6H3,(H,35,36)/t16?,20-,21+,23?. The van der Waals surface area contributed by atoms with Gasteiger partial charge in [0.25, 0.3) is 5.56 Å². The van der Waals surface area contributed by atoms with Crippen LogP contribution in [0, 0.1) is 24.7 Å². The molecule has 2 unspecified atom stereocenters. The molecule has 4 atom stereocenters. The van der Waals surface area contributed by atoms with E-state index in [1.807, 2.05) is 63.8 Å². The van der Waals surface area contributed by atoms with E-state index >= 15 is 0 Å². The van der Waals surface area contributed by atoms with Gasteiger partial charge in [-0.25, -0.2) is 9.78 Å². The van der Waals surface area contributed by atoms with Gasteiger partial charge in [-0.2, -0.15) is 0 Å². The van der Waals surface area contributed by atoms with E-state index in [4.69, 9.17) is 9.72 Å². The van der Waals surface area contributed by atoms with Crippen molar-refractivity contribution in [2.24, 2.45) is 24.8 Å². The normalized spacial score (nSPS) is 21.2. The first-order valence-electron chi connectivity index (χ1n) is 12.9. The number of aryl methyl sites for hydroxylation is 1. The maximum Gasteiger partial charge on any atom is 0.340 e. The highest BCUT2D eigenvalue weighted by Gasteiger charge is 2.60. The maximum atomic E-state index is 13.5. The van der Waals surface area contributed by atoms with Crippen molar-refractivity contribution >= 4 is 34.5 Å². The number of carboxylic acid groups (broad SMARTS) is 1. The number of rotatable bonds is 6. The fourth-order valence-corrected chi connectivity index (χ4v) is 5.64. The van der Waals surface area contributed by atoms with Crippen LogP contribution in [-0.2, 0) is 16.6 Å². The van der Waals surface area contributed by atoms with Crippen LogP contribution in [0.3, 0.4) is 0 Å². The van der Waals surface area contributed by atoms with Crippen LogP contribution in [-0.4, -0.2) is 45.3 Å². The van der Waals surface area contributed by atoms with Crippen LogP contribution >= 0.6 is 0 Å². The number of nitrogens with one attached hydrogen (secondary N) is 1. The van der Waals surface area contributed by atoms with Crippen molar-refractivity contribution in [3.8, 4) is 0 Å². The van der Waals surface area contributed by atoms with Gasteiger partial charge >= 0.3 is 11.9 Å². The second-order valence-electron chi connectivity index (χ2n) is 11.5. The van der Waals surface area contributed by atoms with Gasteiger partial charge in [0.1, 0.15) is 5.60 Å². The Morgan fingerprint density at radius 1 is 1.16 bits per heavy atom. The maximum absolute atomic E-state index is 13.5. The van der Waals surface area contributed by atoms with Crippen molar-refractivity contribution in [3.05, 3.63) is 63.4 Å². The summed E-state index contributed by atoms with van der Waals surface area (Å²) in [6.45, 7) is 10.6. The van der Waals surface area contributed by atoms with Gasteiger partial charge in [0.15, 0.2) is 0 Å². The molecule has 38 heavy (non-hydrogen) atoms. The summed E-state index contributed by atoms with van der Waals surface area (Å²) in [7, 11) is 1.71. The zero-order valence-electron chi connectivity index (χ0n) is 22.6. The fourth-order valence-electron chi connectivity index (χ4n) is 5.64. The third-order valence-electron chi connectivity index (χ3n) is 7.48. The molecule has 2 N–H and O–H groups in total. The summed E-state index contributed by atoms with van der Waals surface area (Å²) in [5.41, 5.74) is 2.66. The van der Waals surface area contributed by atoms with E-state index in [2.05, 4.69) is 5.32 Å². The Kier molecular flexibility index (Phi) is 6.20. The zero-order valence-corrected chi connectivity index (χ0v) is 22.6. The Bertz CT molecular complexity index is 1490. The molecule has 0 amide bonds. The Labute approximate surface area is 221 Å². The Hall–Kier alpha value is -3.88. The second-order valence-corrected chi connectivity index (χ2v) is 11.5. The lowest BCUT2D eigenvalue weighted by atomic mass is 10.0. The van der Waals surface area contributed by atoms with Gasteiger partial charge in [-0.1, -0.05) is 18.2 Å². The number of carbonyl (C=O) groups excluding carboxylic acids is 1. The topological polar surface area (TPSA) is 114 Å². The molecule has 1 aliphatic carbocycles. The van der Waals surface area contributed by atoms with Crippen molar-refractivity contribution in [2.75, 3.05) is 23.3 Å². The molecule has 1 saturated heterocycles. The minimum absolute atomic E-state index is 0.0996. The molecule has 2 heterocycles. The lowest BCUT2D eigenvalue weighted by Crippen LogP contribution is -2.33. The molecule has 9 heteroatoms. The lowest BCUT2D eigenvalue weighted by molar-refractivity contribution is -0.139. The van der Waals surface area contributed by atoms with Crippen molar-refractivity contribution in [3.63, 3.8) is 0 Å². The summed E-state index contributed by atoms with van der Waals surface area (Å²) >= 11 is 0. The largest absolute Gasteiger partial charge is 0.481 e. The third-order valence-corrected chi connectivity index (χ3v) is 7.48. The molecule has 1 aromatic heterocycles. The summed E-state index contributed by atoms with van der Waals surface area (Å²) in [4.78, 5) is 44.7. The number of aromatic nitrogens is 2. The Morgan fingerprint density at radius 3 is 2.45 bits per heavy atom. The molecule has 1 saturated carbocycles. The van der Waals surface area contributed by atoms with Gasteiger partial charge < -0.3 is 20.1 Å². The number of aliphatic carboxylic acids is 1. The third kappa shape index (κ3) is 4.61. The van der Waals surface area contributed by atoms with Crippen molar-refractivity contribution in [1.29, 1.82) is 0 Å². The van der Waals surface area contributed by atoms with Gasteiger partial charge in [0, 0.05) is 31.4 Å². The molecule has 9 nitrogen and oxygen atoms in total. The fraction of sp³-hybridized carbons (Fsp3) is 0.448. The minimum atomic E-state index is -0.746. The van der Waals surface area contributed by atoms with Crippen molar-refractivity contribution in [2.45, 2.75) is 46.3 Å². The van der Waals surface area contributed by atoms with Crippen LogP contribution in [0.2, 0.25) is 0 Å². The molecule has 0 radical (unpaired) electrons. The number of nitrogens with zero attached hydrogens (tertiary/aromatic N) is 3. The number of benzene rings is 2. The Morgan fingerprint density at radius 2 is 1.82 bits per heavy atom. The van der Waals surface area contributed by atoms with Gasteiger partial charge in [-0.3, -0.25) is 14.2 Å². The zero-order chi connectivity index (χ0) is 27.5. The molecule has 2 aliphatic rings. The van der Waals surface area contributed by atoms with Crippen LogP contribution in [0.25, 0.3) is 10.9 Å². The van der Waals surface area contributed by atoms with Gasteiger partial charge in [0.2, 0.25) is 5.95 Å². The van der Waals surface area contributed by atoms with Gasteiger partial charge in [-0.05, 0) is 70.2 Å². The summed E-state index contributed by atoms with van der Waals surface area (Å²) in [6, 6.07) is 10.8. The minimum Gasteiger partial charge on any atom is -0.481 e. The number of esters is 1. The highest BCUT2D eigenvalue weighted by Crippen LogP contribution is 2.52. The Balaban J connectivity index is 1.50. The molecule has 0 bridgehead atoms. The highest BCUT2D eigenvalue weighted by molar-refractivity contribution is 5.96. The lowest BCUT2D eigenvalue weighted by Gasteiger charge is -2.25. The number of carbonyl (C=O) groups is 2. The van der Waals surface area contributed by atoms with Crippen LogP contribution < -0.4 is 15.8 Å². The van der Waals surface area contributed by atoms with Crippen LogP contribution in [0.4, 0.5) is 11.6 Å². The molecule has 1 aliphatic heterocycles. The SMILES string of the molecule is Cc1cc(C(C)Nc2ccccc2C(=O)OC(C)(C)C)c2nc(N3C[C@@H]4C(C(=O)O)[C@@H]4C3)n(C)c(=O)c2c1. The van der Waals surface area contributed by atoms with E-state index in [0.29, 0.717) is 41.2 Å². The van der Waals surface area contributed by atoms with Crippen LogP contribution in [0.5, 0.6) is 0 Å². The molecule has 2 fully saturated rings. The average molecular weight is 519 g/mol. The molecule has 2 aromatic carbocycles. The molecule has 5 rings (SSSR count). The van der Waals surface area contributed by atoms with E-state index in [-0.39, 0.29) is 29.4 Å². The number of hydrogen-bond donors (Lipinski definition) is 2. The smallest absolute Gasteiger partial charge is 0.340 e. The monoisotopic (exact) mass is 518 g/mol. The number of ether oxygens (including phenoxy) is 1. The first-order chi connectivity index (χ1) is 17.9. The predicted molar refractivity (Wildman–Crippen MR) is 146 cm³/mol. The van der Waals surface area contributed by atoms with Crippen molar-refractivity contribution < 1.29 is 19.4 Å². The van der Waals surface area contributed by atoms with Crippen molar-refractivity contribution in [1.82, 2.24) is 9.55 Å². The highest BCUT2D eigenvalue weighted by atomic mass is 16.6. The van der Waals surface area contributed by atoms with E-state index < -0.39 is 17.5 Å². The van der Waals surface area contributed by atoms with Gasteiger partial charge in [0.05, 0.1) is 28.4 Å². The number of anilines is 2. The van der Waals surface area contributed by atoms with E-state index in [0.717, 1.165) is 11.1 Å². The molecule has 0 spiro atoms. The number of piperidine rings is 1. The van der Waals surface area contributed by atoms with Gasteiger partial charge in [-0.15, -0.1) is 0 Å². The molecular weight excluding hydrogens is 484 g/mol. The number of fused-ring (bicyclic) bond motifs is 2. The molecular formula is C29H34N4O5. The van der Waals surface area contributed by atoms with E-state index in [1.165, 1.54) is 0 Å². The summed E-state index contributed by atoms with van der Waals surface area (Å²) in [6.07, 6.45) is 0. The van der Waals surface area contributed by atoms with E-state index in [9.17, 15) is 19.5 Å². The summed E-state index contributed by atoms with van der Waals surface area (Å²) < 4.78 is 7.16. The summed E-state index contributed by atoms with van der Waals surface area (Å²) in [5.74, 6) is -0.709. The molecule has 200 valence electrons. The van der Waals surface area contributed by atoms with E-state index in [1.54, 1.807) is 23.7 Å². The second kappa shape index (κ2) is 9.15. The quantitative estimate of drug-likeness (QED) is 0.468. The number of hydrogen-bond acceptors (Lipinski definition) is 7. The van der Waals surface area contributed by atoms with Crippen LogP contribution in [0.15, 0.2) is 41.2 Å². The summed E-state index contributed by atoms with van der Waals surface area (Å²) in [5, 5.41) is 13.3. The number of para-hydroxylation sites is 1. The van der Waals surface area contributed by atoms with Crippen LogP contribution in [0.1, 0.15) is 55.2 Å². The molecule has 3 aromatic rings. The predicted octanol–water partition coefficient (Wildman–Crippen LogP) is 4.14. The first-order valence-corrected chi connectivity index (χ1v) is 12.9. The first kappa shape index (κ1) is 25.8.